The second-order valence-electron chi connectivity index (χ2n) is 6.05. The summed E-state index contributed by atoms with van der Waals surface area (Å²) in [6.07, 6.45) is 1.51. The van der Waals surface area contributed by atoms with Crippen molar-refractivity contribution in [1.82, 2.24) is 10.3 Å². The molecule has 0 radical (unpaired) electrons. The smallest absolute Gasteiger partial charge is 0.261 e. The van der Waals surface area contributed by atoms with Gasteiger partial charge in [-0.1, -0.05) is 18.2 Å². The molecule has 8 nitrogen and oxygen atoms in total. The van der Waals surface area contributed by atoms with E-state index in [9.17, 15) is 22.4 Å². The van der Waals surface area contributed by atoms with Crippen LogP contribution in [0.5, 0.6) is 0 Å². The van der Waals surface area contributed by atoms with Gasteiger partial charge in [0.25, 0.3) is 15.9 Å². The number of carbonyl (C=O) groups is 2. The van der Waals surface area contributed by atoms with Crippen molar-refractivity contribution in [2.75, 3.05) is 16.6 Å². The Bertz CT molecular complexity index is 1150. The SMILES string of the molecule is O=C(CNC(=O)c1ccccc1NS(=O)(=O)c1ccc(F)cc1)Nc1ccccn1. The van der Waals surface area contributed by atoms with E-state index in [1.54, 1.807) is 30.3 Å². The van der Waals surface area contributed by atoms with Crippen molar-refractivity contribution in [3.63, 3.8) is 0 Å². The number of amides is 2. The van der Waals surface area contributed by atoms with Crippen LogP contribution in [0, 0.1) is 5.82 Å². The molecule has 2 aromatic carbocycles. The van der Waals surface area contributed by atoms with Crippen molar-refractivity contribution in [3.05, 3.63) is 84.3 Å². The number of hydrogen-bond acceptors (Lipinski definition) is 5. The van der Waals surface area contributed by atoms with Crippen LogP contribution in [0.3, 0.4) is 0 Å². The van der Waals surface area contributed by atoms with Gasteiger partial charge in [-0.2, -0.15) is 0 Å². The van der Waals surface area contributed by atoms with Crippen molar-refractivity contribution in [2.24, 2.45) is 0 Å². The summed E-state index contributed by atoms with van der Waals surface area (Å²) >= 11 is 0. The van der Waals surface area contributed by atoms with E-state index in [2.05, 4.69) is 20.3 Å². The Hall–Kier alpha value is -3.79. The summed E-state index contributed by atoms with van der Waals surface area (Å²) in [6, 6.07) is 15.2. The summed E-state index contributed by atoms with van der Waals surface area (Å²) in [6.45, 7) is -0.339. The summed E-state index contributed by atoms with van der Waals surface area (Å²) in [5, 5.41) is 4.95. The number of anilines is 2. The number of carbonyl (C=O) groups excluding carboxylic acids is 2. The zero-order valence-electron chi connectivity index (χ0n) is 15.5. The van der Waals surface area contributed by atoms with E-state index < -0.39 is 27.7 Å². The minimum atomic E-state index is -4.04. The molecule has 3 rings (SSSR count). The van der Waals surface area contributed by atoms with Crippen molar-refractivity contribution in [2.45, 2.75) is 4.90 Å². The lowest BCUT2D eigenvalue weighted by Crippen LogP contribution is -2.33. The number of sulfonamides is 1. The molecule has 1 heterocycles. The van der Waals surface area contributed by atoms with Gasteiger partial charge >= 0.3 is 0 Å². The van der Waals surface area contributed by atoms with E-state index in [-0.39, 0.29) is 22.7 Å². The second kappa shape index (κ2) is 9.14. The van der Waals surface area contributed by atoms with E-state index in [1.807, 2.05) is 0 Å². The van der Waals surface area contributed by atoms with Crippen LogP contribution < -0.4 is 15.4 Å². The third-order valence-electron chi connectivity index (χ3n) is 3.88. The van der Waals surface area contributed by atoms with Gasteiger partial charge in [0.1, 0.15) is 11.6 Å². The molecule has 10 heteroatoms. The first-order chi connectivity index (χ1) is 14.3. The van der Waals surface area contributed by atoms with E-state index in [0.717, 1.165) is 24.3 Å². The zero-order chi connectivity index (χ0) is 21.6. The van der Waals surface area contributed by atoms with Gasteiger partial charge in [0.15, 0.2) is 0 Å². The van der Waals surface area contributed by atoms with Crippen molar-refractivity contribution >= 4 is 33.3 Å². The minimum absolute atomic E-state index is 0.0180. The summed E-state index contributed by atoms with van der Waals surface area (Å²) < 4.78 is 40.4. The third kappa shape index (κ3) is 5.39. The van der Waals surface area contributed by atoms with E-state index >= 15 is 0 Å². The number of halogens is 1. The number of benzene rings is 2. The van der Waals surface area contributed by atoms with Gasteiger partial charge in [0.2, 0.25) is 5.91 Å². The van der Waals surface area contributed by atoms with Gasteiger partial charge < -0.3 is 10.6 Å². The van der Waals surface area contributed by atoms with Crippen LogP contribution in [-0.4, -0.2) is 31.8 Å². The van der Waals surface area contributed by atoms with Crippen LogP contribution in [0.2, 0.25) is 0 Å². The highest BCUT2D eigenvalue weighted by Crippen LogP contribution is 2.20. The van der Waals surface area contributed by atoms with Crippen molar-refractivity contribution < 1.29 is 22.4 Å². The van der Waals surface area contributed by atoms with Gasteiger partial charge in [0.05, 0.1) is 22.7 Å². The summed E-state index contributed by atoms with van der Waals surface area (Å²) in [4.78, 5) is 28.3. The van der Waals surface area contributed by atoms with Crippen LogP contribution in [0.4, 0.5) is 15.9 Å². The molecule has 0 saturated heterocycles. The van der Waals surface area contributed by atoms with Crippen LogP contribution in [0.15, 0.2) is 77.8 Å². The number of para-hydroxylation sites is 1. The molecule has 0 aliphatic heterocycles. The van der Waals surface area contributed by atoms with E-state index in [4.69, 9.17) is 0 Å². The average Bonchev–Trinajstić information content (AvgIpc) is 2.73. The van der Waals surface area contributed by atoms with Crippen molar-refractivity contribution in [3.8, 4) is 0 Å². The van der Waals surface area contributed by atoms with Gasteiger partial charge in [-0.05, 0) is 48.5 Å². The fraction of sp³-hybridized carbons (Fsp3) is 0.0500. The predicted molar refractivity (Wildman–Crippen MR) is 109 cm³/mol. The molecule has 0 bridgehead atoms. The maximum Gasteiger partial charge on any atom is 0.261 e. The molecule has 0 saturated carbocycles. The van der Waals surface area contributed by atoms with Gasteiger partial charge in [-0.3, -0.25) is 14.3 Å². The quantitative estimate of drug-likeness (QED) is 0.534. The van der Waals surface area contributed by atoms with Crippen LogP contribution in [-0.2, 0) is 14.8 Å². The Morgan fingerprint density at radius 3 is 2.33 bits per heavy atom. The zero-order valence-corrected chi connectivity index (χ0v) is 16.3. The lowest BCUT2D eigenvalue weighted by Gasteiger charge is -2.13. The Labute approximate surface area is 172 Å². The summed E-state index contributed by atoms with van der Waals surface area (Å²) in [5.74, 6) is -1.38. The third-order valence-corrected chi connectivity index (χ3v) is 5.26. The van der Waals surface area contributed by atoms with Gasteiger partial charge in [-0.25, -0.2) is 17.8 Å². The molecular weight excluding hydrogens is 411 g/mol. The van der Waals surface area contributed by atoms with Gasteiger partial charge in [0, 0.05) is 6.20 Å². The molecule has 0 unspecified atom stereocenters. The first-order valence-electron chi connectivity index (χ1n) is 8.72. The molecule has 3 N–H and O–H groups in total. The van der Waals surface area contributed by atoms with Crippen LogP contribution in [0.25, 0.3) is 0 Å². The molecule has 154 valence electrons. The topological polar surface area (TPSA) is 117 Å². The number of aromatic nitrogens is 1. The number of rotatable bonds is 7. The number of pyridine rings is 1. The Kier molecular flexibility index (Phi) is 6.38. The lowest BCUT2D eigenvalue weighted by atomic mass is 10.1. The number of nitrogens with zero attached hydrogens (tertiary/aromatic N) is 1. The lowest BCUT2D eigenvalue weighted by molar-refractivity contribution is -0.115. The molecule has 0 fully saturated rings. The summed E-state index contributed by atoms with van der Waals surface area (Å²) in [5.41, 5.74) is 0.0401. The highest BCUT2D eigenvalue weighted by Gasteiger charge is 2.19. The van der Waals surface area contributed by atoms with Gasteiger partial charge in [-0.15, -0.1) is 0 Å². The first kappa shape index (κ1) is 20.9. The summed E-state index contributed by atoms with van der Waals surface area (Å²) in [7, 11) is -4.04. The first-order valence-corrected chi connectivity index (χ1v) is 10.2. The van der Waals surface area contributed by atoms with Crippen LogP contribution >= 0.6 is 0 Å². The fourth-order valence-corrected chi connectivity index (χ4v) is 3.55. The molecule has 3 aromatic rings. The van der Waals surface area contributed by atoms with E-state index in [1.165, 1.54) is 18.3 Å². The maximum absolute atomic E-state index is 13.1. The molecule has 0 aliphatic carbocycles. The molecule has 1 aromatic heterocycles. The normalized spacial score (nSPS) is 10.8. The highest BCUT2D eigenvalue weighted by molar-refractivity contribution is 7.92. The van der Waals surface area contributed by atoms with Crippen LogP contribution in [0.1, 0.15) is 10.4 Å². The average molecular weight is 428 g/mol. The Morgan fingerprint density at radius 1 is 0.933 bits per heavy atom. The largest absolute Gasteiger partial charge is 0.343 e. The molecule has 0 aliphatic rings. The monoisotopic (exact) mass is 428 g/mol. The molecular formula is C20H17FN4O4S. The standard InChI is InChI=1S/C20H17FN4O4S/c21-14-8-10-15(11-9-14)30(28,29)25-17-6-2-1-5-16(17)20(27)23-13-19(26)24-18-7-3-4-12-22-18/h1-12,25H,13H2,(H,23,27)(H,22,24,26). The highest BCUT2D eigenvalue weighted by atomic mass is 32.2. The number of nitrogens with one attached hydrogen (secondary N) is 3. The molecule has 0 spiro atoms. The minimum Gasteiger partial charge on any atom is -0.343 e. The molecule has 2 amide bonds. The Balaban J connectivity index is 1.69. The van der Waals surface area contributed by atoms with Crippen molar-refractivity contribution in [1.29, 1.82) is 0 Å². The Morgan fingerprint density at radius 2 is 1.63 bits per heavy atom. The number of hydrogen-bond donors (Lipinski definition) is 3. The predicted octanol–water partition coefficient (Wildman–Crippen LogP) is 2.39. The maximum atomic E-state index is 13.1. The molecule has 0 atom stereocenters. The van der Waals surface area contributed by atoms with E-state index in [0.29, 0.717) is 5.82 Å². The second-order valence-corrected chi connectivity index (χ2v) is 7.73. The fourth-order valence-electron chi connectivity index (χ4n) is 2.47. The molecule has 30 heavy (non-hydrogen) atoms.